The highest BCUT2D eigenvalue weighted by atomic mass is 32.2. The molecule has 0 bridgehead atoms. The standard InChI is InChI=1S/C13H16N2OS/c1-11-2-4-12(5-3-11)8-16-7-6-13-9-17-10-14-15-13/h2-5,10H,6-9H2,1H3. The van der Waals surface area contributed by atoms with Crippen molar-refractivity contribution < 1.29 is 4.74 Å². The molecule has 0 aromatic heterocycles. The van der Waals surface area contributed by atoms with Crippen molar-refractivity contribution in [3.05, 3.63) is 35.4 Å². The molecule has 1 aromatic carbocycles. The predicted molar refractivity (Wildman–Crippen MR) is 73.8 cm³/mol. The normalized spacial score (nSPS) is 14.8. The van der Waals surface area contributed by atoms with Crippen LogP contribution < -0.4 is 0 Å². The van der Waals surface area contributed by atoms with Crippen molar-refractivity contribution in [2.45, 2.75) is 20.0 Å². The summed E-state index contributed by atoms with van der Waals surface area (Å²) < 4.78 is 5.62. The van der Waals surface area contributed by atoms with E-state index < -0.39 is 0 Å². The molecule has 0 atom stereocenters. The van der Waals surface area contributed by atoms with E-state index in [1.165, 1.54) is 11.1 Å². The Morgan fingerprint density at radius 3 is 2.82 bits per heavy atom. The maximum Gasteiger partial charge on any atom is 0.0828 e. The van der Waals surface area contributed by atoms with Gasteiger partial charge in [-0.15, -0.1) is 11.8 Å². The Morgan fingerprint density at radius 2 is 2.12 bits per heavy atom. The fourth-order valence-electron chi connectivity index (χ4n) is 1.49. The lowest BCUT2D eigenvalue weighted by Crippen LogP contribution is -2.09. The molecule has 90 valence electrons. The Morgan fingerprint density at radius 1 is 1.29 bits per heavy atom. The molecule has 0 radical (unpaired) electrons. The van der Waals surface area contributed by atoms with E-state index in [0.717, 1.165) is 17.9 Å². The van der Waals surface area contributed by atoms with Crippen LogP contribution in [0.1, 0.15) is 17.5 Å². The Hall–Kier alpha value is -1.13. The first-order valence-electron chi connectivity index (χ1n) is 5.67. The lowest BCUT2D eigenvalue weighted by molar-refractivity contribution is 0.127. The number of hydrogen-bond donors (Lipinski definition) is 0. The van der Waals surface area contributed by atoms with Gasteiger partial charge in [-0.1, -0.05) is 29.8 Å². The zero-order valence-corrected chi connectivity index (χ0v) is 10.7. The van der Waals surface area contributed by atoms with Crippen LogP contribution in [0.2, 0.25) is 0 Å². The highest BCUT2D eigenvalue weighted by Gasteiger charge is 2.03. The van der Waals surface area contributed by atoms with Crippen molar-refractivity contribution in [1.82, 2.24) is 0 Å². The summed E-state index contributed by atoms with van der Waals surface area (Å²) in [7, 11) is 0. The third-order valence-electron chi connectivity index (χ3n) is 2.50. The molecule has 0 saturated carbocycles. The molecule has 3 nitrogen and oxygen atoms in total. The van der Waals surface area contributed by atoms with E-state index in [1.54, 1.807) is 17.3 Å². The average Bonchev–Trinajstić information content (AvgIpc) is 2.38. The molecule has 1 aliphatic rings. The first-order chi connectivity index (χ1) is 8.34. The summed E-state index contributed by atoms with van der Waals surface area (Å²) in [5.74, 6) is 0.942. The second kappa shape index (κ2) is 6.57. The van der Waals surface area contributed by atoms with Gasteiger partial charge in [0.1, 0.15) is 0 Å². The zero-order chi connectivity index (χ0) is 11.9. The fourth-order valence-corrected chi connectivity index (χ4v) is 2.07. The van der Waals surface area contributed by atoms with Gasteiger partial charge in [0.2, 0.25) is 0 Å². The molecule has 1 aromatic rings. The van der Waals surface area contributed by atoms with Gasteiger partial charge in [-0.3, -0.25) is 0 Å². The summed E-state index contributed by atoms with van der Waals surface area (Å²) in [5.41, 5.74) is 5.38. The predicted octanol–water partition coefficient (Wildman–Crippen LogP) is 3.03. The zero-order valence-electron chi connectivity index (χ0n) is 9.93. The maximum atomic E-state index is 5.62. The number of ether oxygens (including phenoxy) is 1. The first-order valence-corrected chi connectivity index (χ1v) is 6.71. The molecule has 17 heavy (non-hydrogen) atoms. The van der Waals surface area contributed by atoms with E-state index in [4.69, 9.17) is 4.74 Å². The van der Waals surface area contributed by atoms with Crippen molar-refractivity contribution in [2.75, 3.05) is 12.4 Å². The van der Waals surface area contributed by atoms with Gasteiger partial charge in [0.25, 0.3) is 0 Å². The van der Waals surface area contributed by atoms with E-state index in [0.29, 0.717) is 13.2 Å². The monoisotopic (exact) mass is 248 g/mol. The highest BCUT2D eigenvalue weighted by molar-refractivity contribution is 8.12. The van der Waals surface area contributed by atoms with Crippen LogP contribution in [0, 0.1) is 6.92 Å². The molecule has 0 aliphatic carbocycles. The van der Waals surface area contributed by atoms with E-state index in [1.807, 2.05) is 0 Å². The van der Waals surface area contributed by atoms with Crippen LogP contribution in [0.3, 0.4) is 0 Å². The number of rotatable bonds is 5. The van der Waals surface area contributed by atoms with Crippen LogP contribution >= 0.6 is 11.8 Å². The maximum absolute atomic E-state index is 5.62. The minimum atomic E-state index is 0.671. The quantitative estimate of drug-likeness (QED) is 0.751. The van der Waals surface area contributed by atoms with Crippen molar-refractivity contribution >= 4 is 23.0 Å². The fraction of sp³-hybridized carbons (Fsp3) is 0.385. The molecular formula is C13H16N2OS. The molecule has 0 spiro atoms. The van der Waals surface area contributed by atoms with Crippen molar-refractivity contribution in [3.8, 4) is 0 Å². The van der Waals surface area contributed by atoms with Gasteiger partial charge in [0.05, 0.1) is 24.5 Å². The molecule has 1 aliphatic heterocycles. The highest BCUT2D eigenvalue weighted by Crippen LogP contribution is 2.07. The first kappa shape index (κ1) is 12.3. The molecule has 0 N–H and O–H groups in total. The van der Waals surface area contributed by atoms with Crippen LogP contribution in [0.25, 0.3) is 0 Å². The largest absolute Gasteiger partial charge is 0.376 e. The summed E-state index contributed by atoms with van der Waals surface area (Å²) >= 11 is 1.68. The number of hydrogen-bond acceptors (Lipinski definition) is 4. The second-order valence-electron chi connectivity index (χ2n) is 3.99. The van der Waals surface area contributed by atoms with Gasteiger partial charge in [-0.2, -0.15) is 10.2 Å². The Labute approximate surface area is 106 Å². The molecule has 2 rings (SSSR count). The molecule has 0 unspecified atom stereocenters. The van der Waals surface area contributed by atoms with Crippen molar-refractivity contribution in [3.63, 3.8) is 0 Å². The minimum absolute atomic E-state index is 0.671. The molecule has 0 amide bonds. The van der Waals surface area contributed by atoms with Gasteiger partial charge in [-0.25, -0.2) is 0 Å². The van der Waals surface area contributed by atoms with Gasteiger partial charge in [-0.05, 0) is 12.5 Å². The van der Waals surface area contributed by atoms with Gasteiger partial charge < -0.3 is 4.74 Å². The van der Waals surface area contributed by atoms with Gasteiger partial charge in [0, 0.05) is 12.2 Å². The van der Waals surface area contributed by atoms with E-state index in [-0.39, 0.29) is 0 Å². The smallest absolute Gasteiger partial charge is 0.0828 e. The van der Waals surface area contributed by atoms with Crippen LogP contribution in [-0.4, -0.2) is 23.6 Å². The van der Waals surface area contributed by atoms with Crippen molar-refractivity contribution in [1.29, 1.82) is 0 Å². The lowest BCUT2D eigenvalue weighted by atomic mass is 10.2. The summed E-state index contributed by atoms with van der Waals surface area (Å²) in [5, 5.41) is 7.95. The summed E-state index contributed by atoms with van der Waals surface area (Å²) in [6.07, 6.45) is 0.871. The summed E-state index contributed by atoms with van der Waals surface area (Å²) in [6.45, 7) is 3.47. The van der Waals surface area contributed by atoms with Crippen LogP contribution in [-0.2, 0) is 11.3 Å². The molecular weight excluding hydrogens is 232 g/mol. The minimum Gasteiger partial charge on any atom is -0.376 e. The molecule has 0 saturated heterocycles. The van der Waals surface area contributed by atoms with Crippen LogP contribution in [0.15, 0.2) is 34.5 Å². The Kier molecular flexibility index (Phi) is 4.76. The molecule has 0 fully saturated rings. The van der Waals surface area contributed by atoms with Gasteiger partial charge in [0.15, 0.2) is 0 Å². The van der Waals surface area contributed by atoms with Crippen LogP contribution in [0.5, 0.6) is 0 Å². The van der Waals surface area contributed by atoms with E-state index in [2.05, 4.69) is 41.4 Å². The van der Waals surface area contributed by atoms with E-state index >= 15 is 0 Å². The third kappa shape index (κ3) is 4.32. The van der Waals surface area contributed by atoms with Crippen molar-refractivity contribution in [2.24, 2.45) is 10.2 Å². The Balaban J connectivity index is 1.67. The summed E-state index contributed by atoms with van der Waals surface area (Å²) in [6, 6.07) is 8.42. The number of aryl methyl sites for hydroxylation is 1. The molecule has 1 heterocycles. The second-order valence-corrected chi connectivity index (χ2v) is 4.82. The number of thioether (sulfide) groups is 1. The number of benzene rings is 1. The number of nitrogens with zero attached hydrogens (tertiary/aromatic N) is 2. The molecule has 4 heteroatoms. The summed E-state index contributed by atoms with van der Waals surface area (Å²) in [4.78, 5) is 0. The van der Waals surface area contributed by atoms with Crippen LogP contribution in [0.4, 0.5) is 0 Å². The SMILES string of the molecule is Cc1ccc(COCCC2=NN=CSC2)cc1. The Bertz CT molecular complexity index is 412. The lowest BCUT2D eigenvalue weighted by Gasteiger charge is -2.07. The topological polar surface area (TPSA) is 34.0 Å². The van der Waals surface area contributed by atoms with E-state index in [9.17, 15) is 0 Å². The average molecular weight is 248 g/mol. The third-order valence-corrected chi connectivity index (χ3v) is 3.24. The van der Waals surface area contributed by atoms with Gasteiger partial charge >= 0.3 is 0 Å².